The largest absolute Gasteiger partial charge is 0.512 e. The summed E-state index contributed by atoms with van der Waals surface area (Å²) in [5, 5.41) is 10.2. The van der Waals surface area contributed by atoms with Crippen LogP contribution in [0.1, 0.15) is 33.6 Å². The van der Waals surface area contributed by atoms with Crippen LogP contribution in [-0.4, -0.2) is 17.2 Å². The maximum absolute atomic E-state index is 11.7. The second-order valence-corrected chi connectivity index (χ2v) is 5.28. The van der Waals surface area contributed by atoms with Crippen LogP contribution >= 0.6 is 0 Å². The number of aliphatic hydroxyl groups is 1. The number of rotatable bonds is 0. The van der Waals surface area contributed by atoms with Crippen molar-refractivity contribution >= 4 is 5.97 Å². The number of ether oxygens (including phenoxy) is 1. The monoisotopic (exact) mass is 248 g/mol. The summed E-state index contributed by atoms with van der Waals surface area (Å²) in [7, 11) is 0. The van der Waals surface area contributed by atoms with Gasteiger partial charge in [-0.2, -0.15) is 0 Å². The molecule has 0 saturated carbocycles. The number of carbonyl (C=O) groups excluding carboxylic acids is 1. The Morgan fingerprint density at radius 2 is 2.11 bits per heavy atom. The molecule has 0 unspecified atom stereocenters. The molecular weight excluding hydrogens is 228 g/mol. The molecule has 0 aromatic heterocycles. The first-order chi connectivity index (χ1) is 8.49. The van der Waals surface area contributed by atoms with Gasteiger partial charge in [-0.05, 0) is 38.8 Å². The van der Waals surface area contributed by atoms with Gasteiger partial charge in [0.2, 0.25) is 0 Å². The van der Waals surface area contributed by atoms with Crippen molar-refractivity contribution in [3.05, 3.63) is 35.1 Å². The first-order valence-electron chi connectivity index (χ1n) is 6.44. The number of esters is 1. The molecule has 3 nitrogen and oxygen atoms in total. The number of hydrogen-bond donors (Lipinski definition) is 1. The second kappa shape index (κ2) is 5.01. The van der Waals surface area contributed by atoms with Crippen LogP contribution in [0.5, 0.6) is 0 Å². The van der Waals surface area contributed by atoms with Gasteiger partial charge in [0.15, 0.2) is 0 Å². The Labute approximate surface area is 108 Å². The lowest BCUT2D eigenvalue weighted by atomic mass is 9.87. The predicted molar refractivity (Wildman–Crippen MR) is 70.0 cm³/mol. The van der Waals surface area contributed by atoms with E-state index in [0.717, 1.165) is 18.4 Å². The van der Waals surface area contributed by atoms with Gasteiger partial charge in [-0.3, -0.25) is 4.79 Å². The van der Waals surface area contributed by atoms with Crippen LogP contribution in [0.25, 0.3) is 0 Å². The Hall–Kier alpha value is -1.51. The SMILES string of the molecule is CC1=C\CC/C(C)=C/[C@@H]2OC(=O)[C@@H](C)[C@@H]2/C(O)=C\1. The van der Waals surface area contributed by atoms with Crippen LogP contribution in [-0.2, 0) is 9.53 Å². The van der Waals surface area contributed by atoms with Gasteiger partial charge in [0.1, 0.15) is 11.9 Å². The molecule has 0 aromatic rings. The summed E-state index contributed by atoms with van der Waals surface area (Å²) in [6.45, 7) is 5.82. The van der Waals surface area contributed by atoms with Gasteiger partial charge < -0.3 is 9.84 Å². The van der Waals surface area contributed by atoms with E-state index in [9.17, 15) is 9.90 Å². The fraction of sp³-hybridized carbons (Fsp3) is 0.533. The first kappa shape index (κ1) is 12.9. The topological polar surface area (TPSA) is 46.5 Å². The highest BCUT2D eigenvalue weighted by molar-refractivity contribution is 5.76. The van der Waals surface area contributed by atoms with Crippen molar-refractivity contribution in [3.63, 3.8) is 0 Å². The van der Waals surface area contributed by atoms with E-state index in [-0.39, 0.29) is 29.7 Å². The lowest BCUT2D eigenvalue weighted by Crippen LogP contribution is -2.20. The molecule has 1 heterocycles. The summed E-state index contributed by atoms with van der Waals surface area (Å²) in [4.78, 5) is 11.7. The van der Waals surface area contributed by atoms with Crippen LogP contribution < -0.4 is 0 Å². The van der Waals surface area contributed by atoms with Crippen LogP contribution in [0, 0.1) is 11.8 Å². The average Bonchev–Trinajstić information content (AvgIpc) is 2.53. The van der Waals surface area contributed by atoms with Crippen molar-refractivity contribution < 1.29 is 14.6 Å². The fourth-order valence-electron chi connectivity index (χ4n) is 2.59. The molecule has 0 aromatic carbocycles. The highest BCUT2D eigenvalue weighted by Crippen LogP contribution is 2.35. The maximum Gasteiger partial charge on any atom is 0.310 e. The summed E-state index contributed by atoms with van der Waals surface area (Å²) >= 11 is 0. The van der Waals surface area contributed by atoms with E-state index in [2.05, 4.69) is 6.08 Å². The van der Waals surface area contributed by atoms with E-state index >= 15 is 0 Å². The summed E-state index contributed by atoms with van der Waals surface area (Å²) in [5.74, 6) is -0.524. The lowest BCUT2D eigenvalue weighted by Gasteiger charge is -2.18. The molecule has 1 N–H and O–H groups in total. The van der Waals surface area contributed by atoms with Crippen LogP contribution in [0.2, 0.25) is 0 Å². The maximum atomic E-state index is 11.7. The second-order valence-electron chi connectivity index (χ2n) is 5.28. The normalized spacial score (nSPS) is 41.6. The predicted octanol–water partition coefficient (Wildman–Crippen LogP) is 3.29. The molecule has 0 amide bonds. The average molecular weight is 248 g/mol. The third-order valence-electron chi connectivity index (χ3n) is 3.69. The molecule has 0 radical (unpaired) electrons. The molecule has 3 heteroatoms. The van der Waals surface area contributed by atoms with Gasteiger partial charge in [0.05, 0.1) is 11.8 Å². The third-order valence-corrected chi connectivity index (χ3v) is 3.69. The molecule has 18 heavy (non-hydrogen) atoms. The van der Waals surface area contributed by atoms with Crippen molar-refractivity contribution in [2.45, 2.75) is 39.7 Å². The zero-order valence-electron chi connectivity index (χ0n) is 11.1. The van der Waals surface area contributed by atoms with Gasteiger partial charge >= 0.3 is 5.97 Å². The Kier molecular flexibility index (Phi) is 3.60. The lowest BCUT2D eigenvalue weighted by molar-refractivity contribution is -0.142. The fourth-order valence-corrected chi connectivity index (χ4v) is 2.59. The molecule has 1 aliphatic carbocycles. The van der Waals surface area contributed by atoms with E-state index in [1.807, 2.05) is 26.8 Å². The van der Waals surface area contributed by atoms with Gasteiger partial charge in [-0.1, -0.05) is 24.1 Å². The van der Waals surface area contributed by atoms with Crippen LogP contribution in [0.15, 0.2) is 35.1 Å². The molecule has 3 atom stereocenters. The zero-order chi connectivity index (χ0) is 13.3. The van der Waals surface area contributed by atoms with Gasteiger partial charge in [-0.15, -0.1) is 0 Å². The molecular formula is C15H20O3. The van der Waals surface area contributed by atoms with Gasteiger partial charge in [0, 0.05) is 0 Å². The quantitative estimate of drug-likeness (QED) is 0.528. The van der Waals surface area contributed by atoms with Crippen molar-refractivity contribution in [2.75, 3.05) is 0 Å². The third kappa shape index (κ3) is 2.50. The molecule has 1 aliphatic heterocycles. The Bertz CT molecular complexity index is 443. The summed E-state index contributed by atoms with van der Waals surface area (Å²) in [5.41, 5.74) is 2.23. The molecule has 98 valence electrons. The minimum atomic E-state index is -0.324. The van der Waals surface area contributed by atoms with E-state index in [1.54, 1.807) is 6.08 Å². The van der Waals surface area contributed by atoms with Crippen molar-refractivity contribution in [2.24, 2.45) is 11.8 Å². The van der Waals surface area contributed by atoms with Crippen LogP contribution in [0.4, 0.5) is 0 Å². The summed E-state index contributed by atoms with van der Waals surface area (Å²) in [6.07, 6.45) is 7.42. The smallest absolute Gasteiger partial charge is 0.310 e. The summed E-state index contributed by atoms with van der Waals surface area (Å²) < 4.78 is 5.35. The Morgan fingerprint density at radius 1 is 1.39 bits per heavy atom. The molecule has 2 rings (SSSR count). The molecule has 1 fully saturated rings. The molecule has 1 saturated heterocycles. The number of aliphatic hydroxyl groups excluding tert-OH is 1. The first-order valence-corrected chi connectivity index (χ1v) is 6.44. The van der Waals surface area contributed by atoms with Crippen molar-refractivity contribution in [3.8, 4) is 0 Å². The number of allylic oxidation sites excluding steroid dienone is 4. The molecule has 2 aliphatic rings. The van der Waals surface area contributed by atoms with Gasteiger partial charge in [0.25, 0.3) is 0 Å². The van der Waals surface area contributed by atoms with E-state index in [1.165, 1.54) is 5.57 Å². The van der Waals surface area contributed by atoms with E-state index in [4.69, 9.17) is 4.74 Å². The minimum Gasteiger partial charge on any atom is -0.512 e. The Balaban J connectivity index is 2.41. The number of fused-ring (bicyclic) bond motifs is 1. The molecule has 0 bridgehead atoms. The van der Waals surface area contributed by atoms with E-state index < -0.39 is 0 Å². The van der Waals surface area contributed by atoms with Gasteiger partial charge in [-0.25, -0.2) is 0 Å². The zero-order valence-corrected chi connectivity index (χ0v) is 11.1. The van der Waals surface area contributed by atoms with E-state index in [0.29, 0.717) is 0 Å². The standard InChI is InChI=1S/C15H20O3/c1-9-5-4-6-10(2)8-13-14(12(16)7-9)11(3)15(17)18-13/h5,7-8,11,13-14,16H,4,6H2,1-3H3/b9-5+,10-8+,12-7+/t11-,13-,14+/m0/s1. The summed E-state index contributed by atoms with van der Waals surface area (Å²) in [6, 6.07) is 0. The molecule has 0 spiro atoms. The highest BCUT2D eigenvalue weighted by Gasteiger charge is 2.43. The number of carbonyl (C=O) groups is 1. The highest BCUT2D eigenvalue weighted by atomic mass is 16.6. The van der Waals surface area contributed by atoms with Crippen molar-refractivity contribution in [1.82, 2.24) is 0 Å². The number of hydrogen-bond acceptors (Lipinski definition) is 3. The van der Waals surface area contributed by atoms with Crippen LogP contribution in [0.3, 0.4) is 0 Å². The Morgan fingerprint density at radius 3 is 2.83 bits per heavy atom. The minimum absolute atomic E-state index is 0.227. The van der Waals surface area contributed by atoms with Crippen molar-refractivity contribution in [1.29, 1.82) is 0 Å².